The number of halogens is 5. The highest BCUT2D eigenvalue weighted by atomic mass is 19.2. The van der Waals surface area contributed by atoms with E-state index < -0.39 is 57.5 Å². The van der Waals surface area contributed by atoms with Gasteiger partial charge in [-0.2, -0.15) is 9.69 Å². The SMILES string of the molecule is [C-]#[N+]C([N+]#[C-])=C1OC(C)(c2c(F)c(F)c(F)c(F)c2F)C(C)=C1[N+]#[C-]. The lowest BCUT2D eigenvalue weighted by Crippen LogP contribution is -2.28. The van der Waals surface area contributed by atoms with Crippen molar-refractivity contribution in [1.82, 2.24) is 0 Å². The maximum absolute atomic E-state index is 14.2. The summed E-state index contributed by atoms with van der Waals surface area (Å²) >= 11 is 0. The Morgan fingerprint density at radius 3 is 1.72 bits per heavy atom. The first-order valence-corrected chi connectivity index (χ1v) is 6.44. The minimum atomic E-state index is -2.33. The molecule has 0 bridgehead atoms. The molecule has 1 aromatic rings. The topological polar surface area (TPSA) is 22.3 Å². The molecule has 4 nitrogen and oxygen atoms in total. The standard InChI is InChI=1S/C16H6F5N3O/c1-6-13(22-3)14(15(23-4)24-5)25-16(6,2)7-8(17)10(19)12(21)11(20)9(7)18/h1-2H3. The first-order valence-electron chi connectivity index (χ1n) is 6.44. The molecule has 1 atom stereocenters. The summed E-state index contributed by atoms with van der Waals surface area (Å²) < 4.78 is 73.8. The zero-order valence-electron chi connectivity index (χ0n) is 12.6. The molecule has 0 amide bonds. The minimum Gasteiger partial charge on any atom is -0.494 e. The van der Waals surface area contributed by atoms with E-state index in [1.165, 1.54) is 6.92 Å². The van der Waals surface area contributed by atoms with Crippen molar-refractivity contribution in [2.75, 3.05) is 0 Å². The van der Waals surface area contributed by atoms with E-state index >= 15 is 0 Å². The van der Waals surface area contributed by atoms with Crippen LogP contribution in [0.3, 0.4) is 0 Å². The highest BCUT2D eigenvalue weighted by Gasteiger charge is 2.49. The van der Waals surface area contributed by atoms with Crippen molar-refractivity contribution < 1.29 is 26.7 Å². The molecular formula is C16H6F5N3O. The maximum Gasteiger partial charge on any atom is 0.550 e. The van der Waals surface area contributed by atoms with E-state index in [0.717, 1.165) is 6.92 Å². The van der Waals surface area contributed by atoms with E-state index in [4.69, 9.17) is 24.5 Å². The van der Waals surface area contributed by atoms with Crippen molar-refractivity contribution in [1.29, 1.82) is 0 Å². The van der Waals surface area contributed by atoms with Gasteiger partial charge in [-0.1, -0.05) is 0 Å². The molecule has 1 aliphatic rings. The van der Waals surface area contributed by atoms with Gasteiger partial charge in [-0.25, -0.2) is 26.8 Å². The molecule has 1 aliphatic heterocycles. The molecule has 0 N–H and O–H groups in total. The molecule has 0 radical (unpaired) electrons. The lowest BCUT2D eigenvalue weighted by molar-refractivity contribution is 0.0630. The molecule has 9 heteroatoms. The first-order chi connectivity index (χ1) is 11.6. The zero-order valence-corrected chi connectivity index (χ0v) is 12.6. The number of nitrogens with zero attached hydrogens (tertiary/aromatic N) is 3. The minimum absolute atomic E-state index is 0.189. The van der Waals surface area contributed by atoms with Gasteiger partial charge in [0.15, 0.2) is 23.3 Å². The van der Waals surface area contributed by atoms with E-state index in [2.05, 4.69) is 14.5 Å². The fraction of sp³-hybridized carbons (Fsp3) is 0.188. The van der Waals surface area contributed by atoms with E-state index in [1.807, 2.05) is 0 Å². The number of hydrogen-bond donors (Lipinski definition) is 0. The van der Waals surface area contributed by atoms with Crippen molar-refractivity contribution in [3.05, 3.63) is 91.8 Å². The van der Waals surface area contributed by atoms with Crippen LogP contribution in [-0.2, 0) is 10.3 Å². The fourth-order valence-corrected chi connectivity index (χ4v) is 2.40. The highest BCUT2D eigenvalue weighted by molar-refractivity contribution is 5.52. The van der Waals surface area contributed by atoms with Gasteiger partial charge >= 0.3 is 5.82 Å². The van der Waals surface area contributed by atoms with E-state index in [1.54, 1.807) is 0 Å². The van der Waals surface area contributed by atoms with Gasteiger partial charge in [0.25, 0.3) is 0 Å². The van der Waals surface area contributed by atoms with Crippen molar-refractivity contribution in [3.8, 4) is 0 Å². The Labute approximate surface area is 138 Å². The average molecular weight is 351 g/mol. The van der Waals surface area contributed by atoms with E-state index in [-0.39, 0.29) is 5.57 Å². The summed E-state index contributed by atoms with van der Waals surface area (Å²) in [6.07, 6.45) is 0. The summed E-state index contributed by atoms with van der Waals surface area (Å²) in [4.78, 5) is 8.77. The molecule has 0 aromatic heterocycles. The third-order valence-corrected chi connectivity index (χ3v) is 3.81. The van der Waals surface area contributed by atoms with Gasteiger partial charge in [-0.3, -0.25) is 0 Å². The molecule has 1 unspecified atom stereocenters. The normalized spacial score (nSPS) is 19.1. The average Bonchev–Trinajstić information content (AvgIpc) is 2.84. The summed E-state index contributed by atoms with van der Waals surface area (Å²) in [7, 11) is 0. The molecule has 2 rings (SSSR count). The van der Waals surface area contributed by atoms with Crippen LogP contribution in [0.25, 0.3) is 14.5 Å². The molecule has 0 spiro atoms. The first kappa shape index (κ1) is 18.0. The molecule has 0 saturated carbocycles. The fourth-order valence-electron chi connectivity index (χ4n) is 2.40. The summed E-state index contributed by atoms with van der Waals surface area (Å²) in [5.41, 5.74) is -4.13. The molecule has 0 fully saturated rings. The molecule has 126 valence electrons. The van der Waals surface area contributed by atoms with Crippen LogP contribution >= 0.6 is 0 Å². The molecular weight excluding hydrogens is 345 g/mol. The predicted molar refractivity (Wildman–Crippen MR) is 74.2 cm³/mol. The smallest absolute Gasteiger partial charge is 0.494 e. The molecule has 0 aliphatic carbocycles. The van der Waals surface area contributed by atoms with Crippen LogP contribution in [0.15, 0.2) is 22.9 Å². The second-order valence-corrected chi connectivity index (χ2v) is 5.04. The van der Waals surface area contributed by atoms with Crippen LogP contribution < -0.4 is 0 Å². The number of hydrogen-bond acceptors (Lipinski definition) is 1. The van der Waals surface area contributed by atoms with Crippen molar-refractivity contribution in [3.63, 3.8) is 0 Å². The van der Waals surface area contributed by atoms with Crippen LogP contribution in [-0.4, -0.2) is 0 Å². The van der Waals surface area contributed by atoms with Crippen molar-refractivity contribution >= 4 is 0 Å². The number of benzene rings is 1. The van der Waals surface area contributed by atoms with Crippen LogP contribution in [0, 0.1) is 48.8 Å². The van der Waals surface area contributed by atoms with Crippen molar-refractivity contribution in [2.45, 2.75) is 19.4 Å². The van der Waals surface area contributed by atoms with Crippen LogP contribution in [0.4, 0.5) is 22.0 Å². The Hall–Kier alpha value is -3.38. The van der Waals surface area contributed by atoms with Crippen LogP contribution in [0.1, 0.15) is 19.4 Å². The lowest BCUT2D eigenvalue weighted by Gasteiger charge is -2.28. The quantitative estimate of drug-likeness (QED) is 0.308. The van der Waals surface area contributed by atoms with Gasteiger partial charge in [-0.05, 0) is 19.4 Å². The van der Waals surface area contributed by atoms with E-state index in [0.29, 0.717) is 0 Å². The van der Waals surface area contributed by atoms with Gasteiger partial charge in [0, 0.05) is 0 Å². The third kappa shape index (κ3) is 2.31. The number of ether oxygens (including phenoxy) is 1. The Morgan fingerprint density at radius 2 is 1.32 bits per heavy atom. The largest absolute Gasteiger partial charge is 0.550 e. The Balaban J connectivity index is 2.91. The van der Waals surface area contributed by atoms with Crippen molar-refractivity contribution in [2.24, 2.45) is 0 Å². The third-order valence-electron chi connectivity index (χ3n) is 3.81. The monoisotopic (exact) mass is 351 g/mol. The van der Waals surface area contributed by atoms with Gasteiger partial charge in [-0.15, -0.1) is 0 Å². The molecule has 1 heterocycles. The molecule has 25 heavy (non-hydrogen) atoms. The summed E-state index contributed by atoms with van der Waals surface area (Å²) in [5, 5.41) is 0. The Bertz CT molecular complexity index is 946. The number of rotatable bonds is 1. The summed E-state index contributed by atoms with van der Waals surface area (Å²) in [6.45, 7) is 23.1. The van der Waals surface area contributed by atoms with Crippen LogP contribution in [0.2, 0.25) is 0 Å². The van der Waals surface area contributed by atoms with Crippen LogP contribution in [0.5, 0.6) is 0 Å². The lowest BCUT2D eigenvalue weighted by atomic mass is 9.87. The van der Waals surface area contributed by atoms with E-state index in [9.17, 15) is 22.0 Å². The maximum atomic E-state index is 14.2. The van der Waals surface area contributed by atoms with Gasteiger partial charge in [0.05, 0.1) is 12.1 Å². The Morgan fingerprint density at radius 1 is 0.880 bits per heavy atom. The van der Waals surface area contributed by atoms with Gasteiger partial charge in [0.1, 0.15) is 18.7 Å². The zero-order chi connectivity index (χ0) is 19.1. The highest BCUT2D eigenvalue weighted by Crippen LogP contribution is 2.49. The predicted octanol–water partition coefficient (Wildman–Crippen LogP) is 4.83. The second-order valence-electron chi connectivity index (χ2n) is 5.04. The van der Waals surface area contributed by atoms with Gasteiger partial charge in [0.2, 0.25) is 17.3 Å². The molecule has 0 saturated heterocycles. The summed E-state index contributed by atoms with van der Waals surface area (Å²) in [6, 6.07) is 0. The summed E-state index contributed by atoms with van der Waals surface area (Å²) in [5.74, 6) is -12.1. The van der Waals surface area contributed by atoms with Gasteiger partial charge < -0.3 is 4.74 Å². The second kappa shape index (κ2) is 5.92. The molecule has 1 aromatic carbocycles. The Kier molecular flexibility index (Phi) is 4.25.